The van der Waals surface area contributed by atoms with Crippen molar-refractivity contribution in [3.05, 3.63) is 48.4 Å². The van der Waals surface area contributed by atoms with Crippen LogP contribution in [0.3, 0.4) is 0 Å². The third kappa shape index (κ3) is 2.10. The fourth-order valence-electron chi connectivity index (χ4n) is 2.16. The lowest BCUT2D eigenvalue weighted by molar-refractivity contribution is -0.115. The van der Waals surface area contributed by atoms with E-state index in [1.807, 2.05) is 36.4 Å². The zero-order chi connectivity index (χ0) is 13.2. The van der Waals surface area contributed by atoms with Gasteiger partial charge >= 0.3 is 0 Å². The van der Waals surface area contributed by atoms with Gasteiger partial charge in [0.2, 0.25) is 5.91 Å². The van der Waals surface area contributed by atoms with Crippen LogP contribution in [0.4, 0.5) is 5.69 Å². The topological polar surface area (TPSA) is 42.7 Å². The summed E-state index contributed by atoms with van der Waals surface area (Å²) in [6.45, 7) is 0. The summed E-state index contributed by atoms with van der Waals surface area (Å²) in [5.74, 6) is 1.98. The molecule has 5 heteroatoms. The van der Waals surface area contributed by atoms with Crippen molar-refractivity contribution in [2.75, 3.05) is 17.8 Å². The Bertz CT molecular complexity index is 582. The standard InChI is InChI=1S/C14H13NO3S/c1-17-11-6-3-2-5-10(11)15-13(16)9-19-14(15)12-7-4-8-18-12/h2-8,14H,9H2,1H3. The Kier molecular flexibility index (Phi) is 3.21. The van der Waals surface area contributed by atoms with Crippen LogP contribution >= 0.6 is 11.8 Å². The van der Waals surface area contributed by atoms with Crippen LogP contribution in [0.15, 0.2) is 47.1 Å². The van der Waals surface area contributed by atoms with Crippen molar-refractivity contribution >= 4 is 23.4 Å². The Hall–Kier alpha value is -1.88. The summed E-state index contributed by atoms with van der Waals surface area (Å²) in [6.07, 6.45) is 1.62. The van der Waals surface area contributed by atoms with E-state index in [9.17, 15) is 4.79 Å². The number of anilines is 1. The average molecular weight is 275 g/mol. The molecule has 0 radical (unpaired) electrons. The van der Waals surface area contributed by atoms with Crippen LogP contribution in [0.25, 0.3) is 0 Å². The van der Waals surface area contributed by atoms with Gasteiger partial charge in [0.1, 0.15) is 16.9 Å². The lowest BCUT2D eigenvalue weighted by atomic mass is 10.2. The van der Waals surface area contributed by atoms with E-state index in [2.05, 4.69) is 0 Å². The third-order valence-corrected chi connectivity index (χ3v) is 4.17. The molecule has 0 bridgehead atoms. The second-order valence-electron chi connectivity index (χ2n) is 4.11. The molecule has 0 saturated carbocycles. The van der Waals surface area contributed by atoms with Gasteiger partial charge in [-0.05, 0) is 24.3 Å². The Morgan fingerprint density at radius 3 is 2.89 bits per heavy atom. The van der Waals surface area contributed by atoms with E-state index >= 15 is 0 Å². The van der Waals surface area contributed by atoms with Crippen LogP contribution in [-0.4, -0.2) is 18.8 Å². The number of methoxy groups -OCH3 is 1. The van der Waals surface area contributed by atoms with Gasteiger partial charge in [-0.25, -0.2) is 0 Å². The minimum absolute atomic E-state index is 0.0656. The number of para-hydroxylation sites is 2. The first-order chi connectivity index (χ1) is 9.31. The number of nitrogens with zero attached hydrogens (tertiary/aromatic N) is 1. The fourth-order valence-corrected chi connectivity index (χ4v) is 3.27. The molecule has 1 aromatic heterocycles. The molecule has 0 aliphatic carbocycles. The maximum absolute atomic E-state index is 12.2. The largest absolute Gasteiger partial charge is 0.495 e. The van der Waals surface area contributed by atoms with Crippen LogP contribution < -0.4 is 9.64 Å². The quantitative estimate of drug-likeness (QED) is 0.863. The van der Waals surface area contributed by atoms with E-state index in [1.54, 1.807) is 30.0 Å². The SMILES string of the molecule is COc1ccccc1N1C(=O)CSC1c1ccco1. The molecule has 4 nitrogen and oxygen atoms in total. The van der Waals surface area contributed by atoms with Crippen LogP contribution in [0, 0.1) is 0 Å². The van der Waals surface area contributed by atoms with E-state index in [0.717, 1.165) is 11.4 Å². The monoisotopic (exact) mass is 275 g/mol. The first-order valence-electron chi connectivity index (χ1n) is 5.91. The highest BCUT2D eigenvalue weighted by Crippen LogP contribution is 2.44. The fraction of sp³-hybridized carbons (Fsp3) is 0.214. The second kappa shape index (κ2) is 5.01. The van der Waals surface area contributed by atoms with Gasteiger partial charge in [-0.2, -0.15) is 0 Å². The highest BCUT2D eigenvalue weighted by atomic mass is 32.2. The molecule has 2 heterocycles. The van der Waals surface area contributed by atoms with Crippen LogP contribution in [0.2, 0.25) is 0 Å². The molecule has 0 N–H and O–H groups in total. The number of hydrogen-bond donors (Lipinski definition) is 0. The van der Waals surface area contributed by atoms with Crippen molar-refractivity contribution in [2.45, 2.75) is 5.37 Å². The molecule has 98 valence electrons. The van der Waals surface area contributed by atoms with Gasteiger partial charge in [-0.15, -0.1) is 11.8 Å². The van der Waals surface area contributed by atoms with Crippen molar-refractivity contribution in [3.8, 4) is 5.75 Å². The van der Waals surface area contributed by atoms with Gasteiger partial charge in [-0.1, -0.05) is 12.1 Å². The predicted octanol–water partition coefficient (Wildman–Crippen LogP) is 3.07. The van der Waals surface area contributed by atoms with Gasteiger partial charge < -0.3 is 9.15 Å². The van der Waals surface area contributed by atoms with Crippen molar-refractivity contribution in [3.63, 3.8) is 0 Å². The van der Waals surface area contributed by atoms with Gasteiger partial charge in [0.15, 0.2) is 0 Å². The Balaban J connectivity index is 2.03. The maximum Gasteiger partial charge on any atom is 0.238 e. The van der Waals surface area contributed by atoms with Gasteiger partial charge in [0, 0.05) is 0 Å². The van der Waals surface area contributed by atoms with Crippen LogP contribution in [0.5, 0.6) is 5.75 Å². The summed E-state index contributed by atoms with van der Waals surface area (Å²) < 4.78 is 10.8. The first-order valence-corrected chi connectivity index (χ1v) is 6.96. The summed E-state index contributed by atoms with van der Waals surface area (Å²) in [5, 5.41) is -0.126. The van der Waals surface area contributed by atoms with Gasteiger partial charge in [0.05, 0.1) is 24.8 Å². The normalized spacial score (nSPS) is 18.9. The molecular weight excluding hydrogens is 262 g/mol. The summed E-state index contributed by atoms with van der Waals surface area (Å²) in [5.41, 5.74) is 0.779. The summed E-state index contributed by atoms with van der Waals surface area (Å²) in [7, 11) is 1.61. The van der Waals surface area contributed by atoms with E-state index in [1.165, 1.54) is 0 Å². The summed E-state index contributed by atoms with van der Waals surface area (Å²) in [4.78, 5) is 13.9. The minimum Gasteiger partial charge on any atom is -0.495 e. The molecule has 1 saturated heterocycles. The number of hydrogen-bond acceptors (Lipinski definition) is 4. The molecule has 19 heavy (non-hydrogen) atoms. The number of carbonyl (C=O) groups excluding carboxylic acids is 1. The number of carbonyl (C=O) groups is 1. The van der Waals surface area contributed by atoms with E-state index in [0.29, 0.717) is 11.5 Å². The first kappa shape index (κ1) is 12.2. The molecule has 1 amide bonds. The molecule has 1 aromatic carbocycles. The lowest BCUT2D eigenvalue weighted by Gasteiger charge is -2.24. The number of benzene rings is 1. The lowest BCUT2D eigenvalue weighted by Crippen LogP contribution is -2.28. The van der Waals surface area contributed by atoms with Crippen molar-refractivity contribution in [1.82, 2.24) is 0 Å². The van der Waals surface area contributed by atoms with Crippen LogP contribution in [-0.2, 0) is 4.79 Å². The van der Waals surface area contributed by atoms with Crippen molar-refractivity contribution < 1.29 is 13.9 Å². The van der Waals surface area contributed by atoms with E-state index in [4.69, 9.17) is 9.15 Å². The zero-order valence-electron chi connectivity index (χ0n) is 10.4. The highest BCUT2D eigenvalue weighted by Gasteiger charge is 2.37. The number of rotatable bonds is 3. The molecule has 1 aliphatic rings. The number of furan rings is 1. The molecule has 1 atom stereocenters. The zero-order valence-corrected chi connectivity index (χ0v) is 11.2. The molecule has 1 fully saturated rings. The number of thioether (sulfide) groups is 1. The van der Waals surface area contributed by atoms with Gasteiger partial charge in [0.25, 0.3) is 0 Å². The van der Waals surface area contributed by atoms with Crippen LogP contribution in [0.1, 0.15) is 11.1 Å². The molecular formula is C14H13NO3S. The molecule has 1 aliphatic heterocycles. The Morgan fingerprint density at radius 1 is 1.32 bits per heavy atom. The van der Waals surface area contributed by atoms with Gasteiger partial charge in [-0.3, -0.25) is 9.69 Å². The summed E-state index contributed by atoms with van der Waals surface area (Å²) in [6, 6.07) is 11.2. The Labute approximate surface area is 115 Å². The number of amides is 1. The summed E-state index contributed by atoms with van der Waals surface area (Å²) >= 11 is 1.56. The molecule has 0 spiro atoms. The minimum atomic E-state index is -0.126. The molecule has 3 rings (SSSR count). The van der Waals surface area contributed by atoms with Crippen molar-refractivity contribution in [2.24, 2.45) is 0 Å². The maximum atomic E-state index is 12.2. The Morgan fingerprint density at radius 2 is 2.16 bits per heavy atom. The second-order valence-corrected chi connectivity index (χ2v) is 5.18. The number of ether oxygens (including phenoxy) is 1. The predicted molar refractivity (Wildman–Crippen MR) is 74.4 cm³/mol. The highest BCUT2D eigenvalue weighted by molar-refractivity contribution is 8.00. The van der Waals surface area contributed by atoms with Crippen molar-refractivity contribution in [1.29, 1.82) is 0 Å². The van der Waals surface area contributed by atoms with E-state index < -0.39 is 0 Å². The average Bonchev–Trinajstić information content (AvgIpc) is 3.07. The smallest absolute Gasteiger partial charge is 0.238 e. The third-order valence-electron chi connectivity index (χ3n) is 3.00. The molecule has 1 unspecified atom stereocenters. The molecule has 2 aromatic rings. The van der Waals surface area contributed by atoms with E-state index in [-0.39, 0.29) is 11.3 Å².